The SMILES string of the molecule is CCC1CCCC(C)C1.I.I. The molecule has 1 saturated carbocycles. The molecule has 0 heterocycles. The van der Waals surface area contributed by atoms with Crippen LogP contribution in [0.2, 0.25) is 0 Å². The lowest BCUT2D eigenvalue weighted by Gasteiger charge is -2.25. The van der Waals surface area contributed by atoms with E-state index in [1.54, 1.807) is 0 Å². The van der Waals surface area contributed by atoms with Crippen molar-refractivity contribution < 1.29 is 0 Å². The molecule has 0 aliphatic heterocycles. The number of rotatable bonds is 1. The lowest BCUT2D eigenvalue weighted by molar-refractivity contribution is 0.276. The smallest absolute Gasteiger partial charge is 0.0414 e. The Morgan fingerprint density at radius 1 is 1.18 bits per heavy atom. The fourth-order valence-corrected chi connectivity index (χ4v) is 1.93. The van der Waals surface area contributed by atoms with Crippen LogP contribution in [0.15, 0.2) is 0 Å². The summed E-state index contributed by atoms with van der Waals surface area (Å²) in [4.78, 5) is 0. The summed E-state index contributed by atoms with van der Waals surface area (Å²) < 4.78 is 0. The van der Waals surface area contributed by atoms with Crippen LogP contribution >= 0.6 is 48.0 Å². The average molecular weight is 382 g/mol. The molecule has 0 bridgehead atoms. The molecule has 1 rings (SSSR count). The highest BCUT2D eigenvalue weighted by atomic mass is 127. The molecule has 70 valence electrons. The molecule has 0 radical (unpaired) electrons. The van der Waals surface area contributed by atoms with Crippen molar-refractivity contribution in [2.24, 2.45) is 11.8 Å². The van der Waals surface area contributed by atoms with Gasteiger partial charge in [0.05, 0.1) is 0 Å². The monoisotopic (exact) mass is 382 g/mol. The molecule has 0 aromatic rings. The molecule has 0 aromatic heterocycles. The molecule has 2 heteroatoms. The van der Waals surface area contributed by atoms with Crippen LogP contribution in [0.3, 0.4) is 0 Å². The molecule has 1 aliphatic carbocycles. The second-order valence-electron chi connectivity index (χ2n) is 3.55. The van der Waals surface area contributed by atoms with Gasteiger partial charge >= 0.3 is 0 Å². The standard InChI is InChI=1S/C9H18.2HI/c1-3-9-6-4-5-8(2)7-9;;/h8-9H,3-7H2,1-2H3;2*1H. The van der Waals surface area contributed by atoms with Crippen LogP contribution in [0.25, 0.3) is 0 Å². The van der Waals surface area contributed by atoms with Gasteiger partial charge in [-0.3, -0.25) is 0 Å². The van der Waals surface area contributed by atoms with Gasteiger partial charge in [0, 0.05) is 0 Å². The van der Waals surface area contributed by atoms with Crippen LogP contribution in [-0.4, -0.2) is 0 Å². The van der Waals surface area contributed by atoms with E-state index in [4.69, 9.17) is 0 Å². The van der Waals surface area contributed by atoms with E-state index in [9.17, 15) is 0 Å². The molecule has 1 aliphatic rings. The fourth-order valence-electron chi connectivity index (χ4n) is 1.93. The normalized spacial score (nSPS) is 30.0. The third-order valence-electron chi connectivity index (χ3n) is 2.62. The van der Waals surface area contributed by atoms with Gasteiger partial charge in [-0.15, -0.1) is 48.0 Å². The van der Waals surface area contributed by atoms with E-state index in [1.807, 2.05) is 0 Å². The van der Waals surface area contributed by atoms with Crippen molar-refractivity contribution in [1.29, 1.82) is 0 Å². The van der Waals surface area contributed by atoms with Gasteiger partial charge in [-0.05, 0) is 18.3 Å². The summed E-state index contributed by atoms with van der Waals surface area (Å²) in [5, 5.41) is 0. The van der Waals surface area contributed by atoms with Crippen molar-refractivity contribution in [2.45, 2.75) is 46.0 Å². The largest absolute Gasteiger partial charge is 0.107 e. The molecule has 0 aromatic carbocycles. The van der Waals surface area contributed by atoms with Gasteiger partial charge in [0.1, 0.15) is 0 Å². The van der Waals surface area contributed by atoms with E-state index in [0.717, 1.165) is 11.8 Å². The quantitative estimate of drug-likeness (QED) is 0.588. The first-order valence-electron chi connectivity index (χ1n) is 4.33. The topological polar surface area (TPSA) is 0 Å². The van der Waals surface area contributed by atoms with E-state index < -0.39 is 0 Å². The Bertz CT molecular complexity index is 83.6. The first-order valence-corrected chi connectivity index (χ1v) is 4.33. The first-order chi connectivity index (χ1) is 4.33. The minimum atomic E-state index is 0. The van der Waals surface area contributed by atoms with Gasteiger partial charge in [-0.2, -0.15) is 0 Å². The number of hydrogen-bond donors (Lipinski definition) is 0. The second kappa shape index (κ2) is 8.08. The molecule has 0 spiro atoms. The van der Waals surface area contributed by atoms with Crippen molar-refractivity contribution in [3.63, 3.8) is 0 Å². The fraction of sp³-hybridized carbons (Fsp3) is 1.00. The van der Waals surface area contributed by atoms with Crippen LogP contribution in [0.4, 0.5) is 0 Å². The Morgan fingerprint density at radius 2 is 1.82 bits per heavy atom. The van der Waals surface area contributed by atoms with E-state index in [0.29, 0.717) is 0 Å². The van der Waals surface area contributed by atoms with E-state index in [1.165, 1.54) is 32.1 Å². The van der Waals surface area contributed by atoms with Crippen LogP contribution in [0.1, 0.15) is 46.0 Å². The van der Waals surface area contributed by atoms with E-state index in [-0.39, 0.29) is 48.0 Å². The van der Waals surface area contributed by atoms with Crippen molar-refractivity contribution in [3.05, 3.63) is 0 Å². The zero-order valence-electron chi connectivity index (χ0n) is 7.51. The van der Waals surface area contributed by atoms with Gasteiger partial charge < -0.3 is 0 Å². The average Bonchev–Trinajstić information content (AvgIpc) is 1.88. The number of hydrogen-bond acceptors (Lipinski definition) is 0. The Hall–Kier alpha value is 1.46. The third kappa shape index (κ3) is 5.66. The zero-order valence-corrected chi connectivity index (χ0v) is 12.2. The molecule has 11 heavy (non-hydrogen) atoms. The van der Waals surface area contributed by atoms with E-state index >= 15 is 0 Å². The Labute approximate surface area is 105 Å². The maximum atomic E-state index is 2.39. The van der Waals surface area contributed by atoms with Crippen molar-refractivity contribution in [3.8, 4) is 0 Å². The summed E-state index contributed by atoms with van der Waals surface area (Å²) in [7, 11) is 0. The predicted molar refractivity (Wildman–Crippen MR) is 72.2 cm³/mol. The van der Waals surface area contributed by atoms with Crippen molar-refractivity contribution in [2.75, 3.05) is 0 Å². The Morgan fingerprint density at radius 3 is 2.18 bits per heavy atom. The predicted octanol–water partition coefficient (Wildman–Crippen LogP) is 4.46. The Kier molecular flexibility index (Phi) is 11.0. The second-order valence-corrected chi connectivity index (χ2v) is 3.55. The van der Waals surface area contributed by atoms with Crippen LogP contribution in [0, 0.1) is 11.8 Å². The Balaban J connectivity index is 0. The highest BCUT2D eigenvalue weighted by Crippen LogP contribution is 2.29. The van der Waals surface area contributed by atoms with Gasteiger partial charge in [0.15, 0.2) is 0 Å². The summed E-state index contributed by atoms with van der Waals surface area (Å²) in [5.41, 5.74) is 0. The summed E-state index contributed by atoms with van der Waals surface area (Å²) in [6.07, 6.45) is 7.37. The molecule has 0 saturated heterocycles. The molecular weight excluding hydrogens is 362 g/mol. The van der Waals surface area contributed by atoms with Crippen LogP contribution < -0.4 is 0 Å². The molecule has 1 fully saturated rings. The highest BCUT2D eigenvalue weighted by molar-refractivity contribution is 14.0. The third-order valence-corrected chi connectivity index (χ3v) is 2.62. The summed E-state index contributed by atoms with van der Waals surface area (Å²) in [6.45, 7) is 4.71. The first kappa shape index (κ1) is 15.0. The van der Waals surface area contributed by atoms with Gasteiger partial charge in [-0.1, -0.05) is 39.5 Å². The van der Waals surface area contributed by atoms with Crippen LogP contribution in [0.5, 0.6) is 0 Å². The summed E-state index contributed by atoms with van der Waals surface area (Å²) in [5.74, 6) is 2.08. The maximum absolute atomic E-state index is 2.39. The molecule has 0 nitrogen and oxygen atoms in total. The summed E-state index contributed by atoms with van der Waals surface area (Å²) in [6, 6.07) is 0. The summed E-state index contributed by atoms with van der Waals surface area (Å²) >= 11 is 0. The lowest BCUT2D eigenvalue weighted by Crippen LogP contribution is -2.11. The highest BCUT2D eigenvalue weighted by Gasteiger charge is 2.16. The minimum Gasteiger partial charge on any atom is -0.107 e. The van der Waals surface area contributed by atoms with Crippen molar-refractivity contribution in [1.82, 2.24) is 0 Å². The number of halogens is 2. The molecule has 0 amide bonds. The van der Waals surface area contributed by atoms with Gasteiger partial charge in [-0.25, -0.2) is 0 Å². The van der Waals surface area contributed by atoms with Crippen molar-refractivity contribution >= 4 is 48.0 Å². The molecule has 0 N–H and O–H groups in total. The lowest BCUT2D eigenvalue weighted by atomic mass is 9.81. The van der Waals surface area contributed by atoms with Gasteiger partial charge in [0.25, 0.3) is 0 Å². The molecule has 2 atom stereocenters. The van der Waals surface area contributed by atoms with Crippen LogP contribution in [-0.2, 0) is 0 Å². The molecular formula is C9H20I2. The zero-order chi connectivity index (χ0) is 6.69. The maximum Gasteiger partial charge on any atom is -0.0414 e. The molecule has 2 unspecified atom stereocenters. The minimum absolute atomic E-state index is 0. The van der Waals surface area contributed by atoms with Gasteiger partial charge in [0.2, 0.25) is 0 Å². The van der Waals surface area contributed by atoms with E-state index in [2.05, 4.69) is 13.8 Å².